The molecule has 1 saturated carbocycles. The first-order valence-corrected chi connectivity index (χ1v) is 11.5. The molecule has 1 aromatic heterocycles. The van der Waals surface area contributed by atoms with E-state index in [1.807, 2.05) is 16.8 Å². The number of halogens is 3. The molecule has 0 bridgehead atoms. The number of amides is 1. The third kappa shape index (κ3) is 4.28. The van der Waals surface area contributed by atoms with Gasteiger partial charge < -0.3 is 4.57 Å². The van der Waals surface area contributed by atoms with E-state index in [1.54, 1.807) is 12.1 Å². The summed E-state index contributed by atoms with van der Waals surface area (Å²) in [7, 11) is 0. The zero-order chi connectivity index (χ0) is 23.8. The fourth-order valence-corrected chi connectivity index (χ4v) is 5.28. The van der Waals surface area contributed by atoms with Gasteiger partial charge in [-0.2, -0.15) is 5.26 Å². The highest BCUT2D eigenvalue weighted by atomic mass is 19.1. The van der Waals surface area contributed by atoms with Crippen molar-refractivity contribution >= 4 is 16.8 Å². The second kappa shape index (κ2) is 9.15. The molecule has 3 aromatic rings. The highest BCUT2D eigenvalue weighted by Gasteiger charge is 2.37. The van der Waals surface area contributed by atoms with Crippen molar-refractivity contribution in [2.75, 3.05) is 6.61 Å². The van der Waals surface area contributed by atoms with Crippen LogP contribution in [0.4, 0.5) is 13.2 Å². The number of nitriles is 1. The van der Waals surface area contributed by atoms with Crippen LogP contribution in [-0.4, -0.2) is 22.1 Å². The number of fused-ring (bicyclic) bond motifs is 1. The molecule has 0 radical (unpaired) electrons. The van der Waals surface area contributed by atoms with E-state index in [0.29, 0.717) is 54.8 Å². The summed E-state index contributed by atoms with van der Waals surface area (Å²) in [6.07, 6.45) is 5.35. The monoisotopic (exact) mass is 467 g/mol. The summed E-state index contributed by atoms with van der Waals surface area (Å²) < 4.78 is 43.6. The third-order valence-corrected chi connectivity index (χ3v) is 7.01. The molecule has 5 rings (SSSR count). The minimum atomic E-state index is -0.672. The molecule has 34 heavy (non-hydrogen) atoms. The summed E-state index contributed by atoms with van der Waals surface area (Å²) in [5, 5.41) is 11.0. The highest BCUT2D eigenvalue weighted by Crippen LogP contribution is 2.37. The zero-order valence-electron chi connectivity index (χ0n) is 18.5. The summed E-state index contributed by atoms with van der Waals surface area (Å²) in [5.41, 5.74) is 1.39. The second-order valence-corrected chi connectivity index (χ2v) is 9.19. The Bertz CT molecular complexity index is 1250. The summed E-state index contributed by atoms with van der Waals surface area (Å²) >= 11 is 0. The van der Waals surface area contributed by atoms with E-state index < -0.39 is 23.5 Å². The number of rotatable bonds is 4. The Balaban J connectivity index is 1.24. The number of aromatic nitrogens is 1. The van der Waals surface area contributed by atoms with Crippen molar-refractivity contribution in [1.29, 1.82) is 5.26 Å². The van der Waals surface area contributed by atoms with Gasteiger partial charge in [-0.3, -0.25) is 9.63 Å². The lowest BCUT2D eigenvalue weighted by Gasteiger charge is -2.32. The van der Waals surface area contributed by atoms with Crippen molar-refractivity contribution < 1.29 is 22.8 Å². The predicted octanol–water partition coefficient (Wildman–Crippen LogP) is 5.64. The molecule has 0 N–H and O–H groups in total. The van der Waals surface area contributed by atoms with E-state index in [4.69, 9.17) is 10.1 Å². The Hall–Kier alpha value is -3.31. The van der Waals surface area contributed by atoms with Crippen molar-refractivity contribution in [3.63, 3.8) is 0 Å². The van der Waals surface area contributed by atoms with Gasteiger partial charge in [-0.25, -0.2) is 18.2 Å². The number of hydroxylamine groups is 2. The standard InChI is InChI=1S/C26H24F3N3O2/c27-20-11-19(12-21(28)13-20)24-6-8-34-32(24)26(33)18-3-1-16(2-4-18)15-31-7-5-22-23(29)9-17(14-30)10-25(22)31/h5,7,9-13,16,18,24H,1-4,6,8,15H2/t16?,18?,24-/m0/s1. The van der Waals surface area contributed by atoms with Crippen molar-refractivity contribution in [3.05, 3.63) is 71.2 Å². The molecular weight excluding hydrogens is 443 g/mol. The van der Waals surface area contributed by atoms with Crippen LogP contribution >= 0.6 is 0 Å². The maximum Gasteiger partial charge on any atom is 0.249 e. The van der Waals surface area contributed by atoms with Crippen LogP contribution in [0.25, 0.3) is 10.9 Å². The summed E-state index contributed by atoms with van der Waals surface area (Å²) in [5.74, 6) is -1.78. The lowest BCUT2D eigenvalue weighted by atomic mass is 9.81. The molecule has 0 unspecified atom stereocenters. The normalized spacial score (nSPS) is 22.8. The van der Waals surface area contributed by atoms with Gasteiger partial charge in [-0.05, 0) is 67.5 Å². The predicted molar refractivity (Wildman–Crippen MR) is 119 cm³/mol. The van der Waals surface area contributed by atoms with E-state index in [0.717, 1.165) is 18.9 Å². The van der Waals surface area contributed by atoms with Gasteiger partial charge in [0.05, 0.1) is 29.8 Å². The van der Waals surface area contributed by atoms with Crippen LogP contribution < -0.4 is 0 Å². The maximum absolute atomic E-state index is 14.3. The number of hydrogen-bond donors (Lipinski definition) is 0. The minimum absolute atomic E-state index is 0.141. The fraction of sp³-hybridized carbons (Fsp3) is 0.385. The van der Waals surface area contributed by atoms with Crippen molar-refractivity contribution in [3.8, 4) is 6.07 Å². The molecule has 5 nitrogen and oxygen atoms in total. The van der Waals surface area contributed by atoms with E-state index in [2.05, 4.69) is 0 Å². The number of carbonyl (C=O) groups excluding carboxylic acids is 1. The first-order valence-electron chi connectivity index (χ1n) is 11.5. The molecule has 1 amide bonds. The molecule has 2 aliphatic rings. The molecule has 1 saturated heterocycles. The largest absolute Gasteiger partial charge is 0.347 e. The molecule has 1 atom stereocenters. The third-order valence-electron chi connectivity index (χ3n) is 7.01. The molecule has 0 spiro atoms. The summed E-state index contributed by atoms with van der Waals surface area (Å²) in [4.78, 5) is 18.8. The van der Waals surface area contributed by atoms with Gasteiger partial charge in [0.15, 0.2) is 0 Å². The van der Waals surface area contributed by atoms with Gasteiger partial charge in [0.1, 0.15) is 17.5 Å². The molecule has 2 aromatic carbocycles. The number of carbonyl (C=O) groups is 1. The van der Waals surface area contributed by atoms with Gasteiger partial charge in [-0.1, -0.05) is 0 Å². The Morgan fingerprint density at radius 1 is 1.03 bits per heavy atom. The smallest absolute Gasteiger partial charge is 0.249 e. The quantitative estimate of drug-likeness (QED) is 0.499. The molecule has 8 heteroatoms. The molecule has 176 valence electrons. The van der Waals surface area contributed by atoms with Crippen LogP contribution in [0.2, 0.25) is 0 Å². The van der Waals surface area contributed by atoms with Gasteiger partial charge in [0, 0.05) is 36.5 Å². The van der Waals surface area contributed by atoms with Crippen LogP contribution in [-0.2, 0) is 16.2 Å². The highest BCUT2D eigenvalue weighted by molar-refractivity contribution is 5.82. The van der Waals surface area contributed by atoms with Crippen LogP contribution in [0.15, 0.2) is 42.6 Å². The van der Waals surface area contributed by atoms with E-state index in [9.17, 15) is 18.0 Å². The SMILES string of the molecule is N#Cc1cc(F)c2ccn(CC3CCC(C(=O)N4OCC[C@H]4c4cc(F)cc(F)c4)CC3)c2c1. The number of benzene rings is 2. The topological polar surface area (TPSA) is 58.3 Å². The van der Waals surface area contributed by atoms with Crippen LogP contribution in [0.5, 0.6) is 0 Å². The molecule has 2 heterocycles. The molecule has 1 aliphatic heterocycles. The minimum Gasteiger partial charge on any atom is -0.347 e. The lowest BCUT2D eigenvalue weighted by Crippen LogP contribution is -2.37. The van der Waals surface area contributed by atoms with Gasteiger partial charge in [-0.15, -0.1) is 0 Å². The van der Waals surface area contributed by atoms with Crippen LogP contribution in [0, 0.1) is 40.6 Å². The van der Waals surface area contributed by atoms with E-state index in [1.165, 1.54) is 23.3 Å². The Labute approximate surface area is 195 Å². The number of nitrogens with zero attached hydrogens (tertiary/aromatic N) is 3. The van der Waals surface area contributed by atoms with Crippen molar-refractivity contribution in [1.82, 2.24) is 9.63 Å². The lowest BCUT2D eigenvalue weighted by molar-refractivity contribution is -0.183. The second-order valence-electron chi connectivity index (χ2n) is 9.19. The Morgan fingerprint density at radius 3 is 2.47 bits per heavy atom. The zero-order valence-corrected chi connectivity index (χ0v) is 18.5. The molecule has 1 aliphatic carbocycles. The van der Waals surface area contributed by atoms with Gasteiger partial charge >= 0.3 is 0 Å². The number of hydrogen-bond acceptors (Lipinski definition) is 3. The average Bonchev–Trinajstić information content (AvgIpc) is 3.46. The average molecular weight is 467 g/mol. The van der Waals surface area contributed by atoms with Gasteiger partial charge in [0.25, 0.3) is 0 Å². The van der Waals surface area contributed by atoms with Crippen molar-refractivity contribution in [2.45, 2.75) is 44.7 Å². The van der Waals surface area contributed by atoms with Crippen LogP contribution in [0.3, 0.4) is 0 Å². The Kier molecular flexibility index (Phi) is 6.05. The van der Waals surface area contributed by atoms with Crippen molar-refractivity contribution in [2.24, 2.45) is 11.8 Å². The Morgan fingerprint density at radius 2 is 1.76 bits per heavy atom. The van der Waals surface area contributed by atoms with E-state index >= 15 is 0 Å². The summed E-state index contributed by atoms with van der Waals surface area (Å²) in [6, 6.07) is 9.49. The first-order chi connectivity index (χ1) is 16.4. The van der Waals surface area contributed by atoms with Gasteiger partial charge in [0.2, 0.25) is 5.91 Å². The molecule has 2 fully saturated rings. The van der Waals surface area contributed by atoms with Crippen LogP contribution in [0.1, 0.15) is 49.3 Å². The summed E-state index contributed by atoms with van der Waals surface area (Å²) in [6.45, 7) is 1.01. The van der Waals surface area contributed by atoms with E-state index in [-0.39, 0.29) is 17.4 Å². The first kappa shape index (κ1) is 22.5. The maximum atomic E-state index is 14.3. The fourth-order valence-electron chi connectivity index (χ4n) is 5.28. The molecular formula is C26H24F3N3O2.